The average Bonchev–Trinajstić information content (AvgIpc) is 3.17. The van der Waals surface area contributed by atoms with E-state index in [4.69, 9.17) is 4.74 Å². The molecule has 0 saturated heterocycles. The first kappa shape index (κ1) is 19.4. The van der Waals surface area contributed by atoms with E-state index in [9.17, 15) is 9.59 Å². The van der Waals surface area contributed by atoms with Crippen LogP contribution in [0, 0.1) is 0 Å². The van der Waals surface area contributed by atoms with Crippen LogP contribution in [0.2, 0.25) is 0 Å². The zero-order valence-electron chi connectivity index (χ0n) is 16.0. The van der Waals surface area contributed by atoms with E-state index in [1.165, 1.54) is 11.3 Å². The van der Waals surface area contributed by atoms with E-state index < -0.39 is 0 Å². The lowest BCUT2D eigenvalue weighted by Crippen LogP contribution is -2.19. The average molecular weight is 418 g/mol. The van der Waals surface area contributed by atoms with E-state index >= 15 is 0 Å². The number of methoxy groups -OCH3 is 1. The molecule has 0 atom stereocenters. The molecule has 30 heavy (non-hydrogen) atoms. The van der Waals surface area contributed by atoms with Crippen LogP contribution in [-0.2, 0) is 0 Å². The maximum absolute atomic E-state index is 12.5. The van der Waals surface area contributed by atoms with Gasteiger partial charge in [-0.15, -0.1) is 0 Å². The van der Waals surface area contributed by atoms with Gasteiger partial charge >= 0.3 is 6.03 Å². The van der Waals surface area contributed by atoms with Crippen molar-refractivity contribution in [1.82, 2.24) is 4.98 Å². The summed E-state index contributed by atoms with van der Waals surface area (Å²) in [6, 6.07) is 21.0. The number of nitrogens with one attached hydrogen (secondary N) is 3. The lowest BCUT2D eigenvalue weighted by Gasteiger charge is -2.08. The van der Waals surface area contributed by atoms with Crippen molar-refractivity contribution in [2.45, 2.75) is 0 Å². The summed E-state index contributed by atoms with van der Waals surface area (Å²) in [5, 5.41) is 8.76. The summed E-state index contributed by atoms with van der Waals surface area (Å²) < 4.78 is 6.23. The summed E-state index contributed by atoms with van der Waals surface area (Å²) in [6.45, 7) is 0. The second-order valence-corrected chi connectivity index (χ2v) is 7.33. The van der Waals surface area contributed by atoms with Crippen molar-refractivity contribution in [1.29, 1.82) is 0 Å². The van der Waals surface area contributed by atoms with Crippen LogP contribution in [0.3, 0.4) is 0 Å². The molecule has 3 aromatic carbocycles. The fraction of sp³-hybridized carbons (Fsp3) is 0.0455. The molecule has 7 nitrogen and oxygen atoms in total. The van der Waals surface area contributed by atoms with Crippen molar-refractivity contribution >= 4 is 50.0 Å². The lowest BCUT2D eigenvalue weighted by atomic mass is 10.2. The van der Waals surface area contributed by atoms with Gasteiger partial charge in [-0.3, -0.25) is 10.1 Å². The standard InChI is InChI=1S/C22H18N4O3S/c1-29-17-8-5-9-18-19(17)25-22(30-18)26-20(27)14-10-12-16(13-11-14)24-21(28)23-15-6-3-2-4-7-15/h2-13H,1H3,(H2,23,24,28)(H,25,26,27). The topological polar surface area (TPSA) is 92.4 Å². The summed E-state index contributed by atoms with van der Waals surface area (Å²) >= 11 is 1.37. The number of rotatable bonds is 5. The van der Waals surface area contributed by atoms with E-state index in [-0.39, 0.29) is 11.9 Å². The minimum absolute atomic E-state index is 0.284. The number of amides is 3. The van der Waals surface area contributed by atoms with Crippen molar-refractivity contribution in [3.63, 3.8) is 0 Å². The fourth-order valence-electron chi connectivity index (χ4n) is 2.83. The van der Waals surface area contributed by atoms with Gasteiger partial charge in [0, 0.05) is 16.9 Å². The molecule has 0 spiro atoms. The fourth-order valence-corrected chi connectivity index (χ4v) is 3.71. The Morgan fingerprint density at radius 1 is 0.833 bits per heavy atom. The van der Waals surface area contributed by atoms with Crippen LogP contribution in [0.15, 0.2) is 72.8 Å². The van der Waals surface area contributed by atoms with Gasteiger partial charge in [-0.25, -0.2) is 9.78 Å². The van der Waals surface area contributed by atoms with Crippen LogP contribution in [0.4, 0.5) is 21.3 Å². The number of carbonyl (C=O) groups is 2. The first-order chi connectivity index (χ1) is 14.6. The highest BCUT2D eigenvalue weighted by Crippen LogP contribution is 2.32. The molecule has 1 aromatic heterocycles. The Bertz CT molecular complexity index is 1190. The maximum atomic E-state index is 12.5. The molecule has 0 saturated carbocycles. The number of nitrogens with zero attached hydrogens (tertiary/aromatic N) is 1. The Kier molecular flexibility index (Phi) is 5.58. The molecule has 150 valence electrons. The van der Waals surface area contributed by atoms with Crippen molar-refractivity contribution in [3.8, 4) is 5.75 Å². The second-order valence-electron chi connectivity index (χ2n) is 6.30. The minimum atomic E-state index is -0.359. The Morgan fingerprint density at radius 2 is 1.53 bits per heavy atom. The quantitative estimate of drug-likeness (QED) is 0.415. The molecule has 4 aromatic rings. The number of benzene rings is 3. The number of thiazole rings is 1. The van der Waals surface area contributed by atoms with Gasteiger partial charge in [0.25, 0.3) is 5.91 Å². The normalized spacial score (nSPS) is 10.4. The molecule has 0 unspecified atom stereocenters. The molecular weight excluding hydrogens is 400 g/mol. The Labute approximate surface area is 176 Å². The highest BCUT2D eigenvalue weighted by Gasteiger charge is 2.12. The number of aromatic nitrogens is 1. The lowest BCUT2D eigenvalue weighted by molar-refractivity contribution is 0.102. The molecule has 3 N–H and O–H groups in total. The van der Waals surface area contributed by atoms with Crippen molar-refractivity contribution in [3.05, 3.63) is 78.4 Å². The molecule has 0 fully saturated rings. The summed E-state index contributed by atoms with van der Waals surface area (Å²) in [5.41, 5.74) is 2.43. The van der Waals surface area contributed by atoms with Gasteiger partial charge in [0.1, 0.15) is 11.3 Å². The number of urea groups is 1. The SMILES string of the molecule is COc1cccc2sc(NC(=O)c3ccc(NC(=O)Nc4ccccc4)cc3)nc12. The van der Waals surface area contributed by atoms with Gasteiger partial charge in [-0.05, 0) is 48.5 Å². The number of hydrogen-bond acceptors (Lipinski definition) is 5. The zero-order chi connectivity index (χ0) is 20.9. The van der Waals surface area contributed by atoms with E-state index in [0.29, 0.717) is 33.3 Å². The van der Waals surface area contributed by atoms with Crippen LogP contribution < -0.4 is 20.7 Å². The third kappa shape index (κ3) is 4.39. The number of hydrogen-bond donors (Lipinski definition) is 3. The molecular formula is C22H18N4O3S. The smallest absolute Gasteiger partial charge is 0.323 e. The van der Waals surface area contributed by atoms with Crippen LogP contribution >= 0.6 is 11.3 Å². The summed E-state index contributed by atoms with van der Waals surface area (Å²) in [4.78, 5) is 29.0. The molecule has 8 heteroatoms. The third-order valence-electron chi connectivity index (χ3n) is 4.26. The van der Waals surface area contributed by atoms with Crippen molar-refractivity contribution in [2.24, 2.45) is 0 Å². The molecule has 0 aliphatic rings. The number of fused-ring (bicyclic) bond motifs is 1. The molecule has 4 rings (SSSR count). The van der Waals surface area contributed by atoms with Crippen molar-refractivity contribution in [2.75, 3.05) is 23.1 Å². The van der Waals surface area contributed by atoms with E-state index in [1.807, 2.05) is 36.4 Å². The van der Waals surface area contributed by atoms with Gasteiger partial charge < -0.3 is 15.4 Å². The highest BCUT2D eigenvalue weighted by atomic mass is 32.1. The molecule has 0 aliphatic heterocycles. The molecule has 0 bridgehead atoms. The third-order valence-corrected chi connectivity index (χ3v) is 5.20. The Balaban J connectivity index is 1.40. The van der Waals surface area contributed by atoms with E-state index in [2.05, 4.69) is 20.9 Å². The summed E-state index contributed by atoms with van der Waals surface area (Å²) in [6.07, 6.45) is 0. The first-order valence-corrected chi connectivity index (χ1v) is 9.92. The van der Waals surface area contributed by atoms with Gasteiger partial charge in [0.2, 0.25) is 0 Å². The van der Waals surface area contributed by atoms with Crippen LogP contribution in [0.25, 0.3) is 10.2 Å². The molecule has 1 heterocycles. The van der Waals surface area contributed by atoms with Gasteiger partial charge in [0.15, 0.2) is 5.13 Å². The maximum Gasteiger partial charge on any atom is 0.323 e. The van der Waals surface area contributed by atoms with E-state index in [1.54, 1.807) is 43.5 Å². The number of anilines is 3. The zero-order valence-corrected chi connectivity index (χ0v) is 16.8. The molecule has 3 amide bonds. The van der Waals surface area contributed by atoms with Crippen LogP contribution in [0.1, 0.15) is 10.4 Å². The number of carbonyl (C=O) groups excluding carboxylic acids is 2. The predicted octanol–water partition coefficient (Wildman–Crippen LogP) is 5.20. The number of ether oxygens (including phenoxy) is 1. The van der Waals surface area contributed by atoms with Crippen molar-refractivity contribution < 1.29 is 14.3 Å². The minimum Gasteiger partial charge on any atom is -0.494 e. The Hall–Kier alpha value is -3.91. The largest absolute Gasteiger partial charge is 0.494 e. The summed E-state index contributed by atoms with van der Waals surface area (Å²) in [7, 11) is 1.59. The highest BCUT2D eigenvalue weighted by molar-refractivity contribution is 7.22. The number of para-hydroxylation sites is 2. The summed E-state index contributed by atoms with van der Waals surface area (Å²) in [5.74, 6) is 0.377. The van der Waals surface area contributed by atoms with Gasteiger partial charge in [0.05, 0.1) is 11.8 Å². The Morgan fingerprint density at radius 3 is 2.23 bits per heavy atom. The predicted molar refractivity (Wildman–Crippen MR) is 120 cm³/mol. The van der Waals surface area contributed by atoms with Crippen LogP contribution in [-0.4, -0.2) is 24.0 Å². The molecule has 0 radical (unpaired) electrons. The van der Waals surface area contributed by atoms with Gasteiger partial charge in [-0.2, -0.15) is 0 Å². The monoisotopic (exact) mass is 418 g/mol. The van der Waals surface area contributed by atoms with Gasteiger partial charge in [-0.1, -0.05) is 35.6 Å². The van der Waals surface area contributed by atoms with E-state index in [0.717, 1.165) is 4.70 Å². The van der Waals surface area contributed by atoms with Crippen LogP contribution in [0.5, 0.6) is 5.75 Å². The second kappa shape index (κ2) is 8.62. The molecule has 0 aliphatic carbocycles. The first-order valence-electron chi connectivity index (χ1n) is 9.10.